The standard InChI is InChI=1S/C15H15BrN2O3/c1-20-12-6-9(16)5-11(7-12)18-10-3-4-14(17)13(8-10)15(19)21-2/h3-8,18H,17H2,1-2H3. The number of nitrogens with two attached hydrogens (primary N) is 1. The van der Waals surface area contributed by atoms with Crippen LogP contribution in [0.25, 0.3) is 0 Å². The van der Waals surface area contributed by atoms with Crippen molar-refractivity contribution in [3.8, 4) is 5.75 Å². The van der Waals surface area contributed by atoms with Crippen molar-refractivity contribution in [1.82, 2.24) is 0 Å². The van der Waals surface area contributed by atoms with Gasteiger partial charge < -0.3 is 20.5 Å². The van der Waals surface area contributed by atoms with Crippen LogP contribution in [-0.2, 0) is 4.74 Å². The van der Waals surface area contributed by atoms with Gasteiger partial charge in [0.2, 0.25) is 0 Å². The van der Waals surface area contributed by atoms with E-state index in [1.807, 2.05) is 18.2 Å². The smallest absolute Gasteiger partial charge is 0.340 e. The van der Waals surface area contributed by atoms with Gasteiger partial charge in [0.05, 0.1) is 19.8 Å². The molecule has 0 saturated carbocycles. The molecule has 5 nitrogen and oxygen atoms in total. The topological polar surface area (TPSA) is 73.6 Å². The fourth-order valence-corrected chi connectivity index (χ4v) is 2.31. The van der Waals surface area contributed by atoms with Crippen molar-refractivity contribution in [1.29, 1.82) is 0 Å². The largest absolute Gasteiger partial charge is 0.497 e. The highest BCUT2D eigenvalue weighted by molar-refractivity contribution is 9.10. The van der Waals surface area contributed by atoms with Crippen LogP contribution in [0.4, 0.5) is 17.1 Å². The van der Waals surface area contributed by atoms with E-state index < -0.39 is 5.97 Å². The lowest BCUT2D eigenvalue weighted by molar-refractivity contribution is 0.0602. The zero-order valence-electron chi connectivity index (χ0n) is 11.6. The molecule has 0 spiro atoms. The van der Waals surface area contributed by atoms with Crippen LogP contribution in [0, 0.1) is 0 Å². The molecule has 0 heterocycles. The zero-order chi connectivity index (χ0) is 15.4. The molecule has 0 fully saturated rings. The second-order valence-electron chi connectivity index (χ2n) is 4.30. The average molecular weight is 351 g/mol. The number of nitrogens with one attached hydrogen (secondary N) is 1. The molecule has 2 aromatic rings. The summed E-state index contributed by atoms with van der Waals surface area (Å²) in [5.74, 6) is 0.249. The Morgan fingerprint density at radius 1 is 1.14 bits per heavy atom. The number of hydrogen-bond acceptors (Lipinski definition) is 5. The minimum absolute atomic E-state index is 0.324. The summed E-state index contributed by atoms with van der Waals surface area (Å²) in [6, 6.07) is 10.7. The van der Waals surface area contributed by atoms with Crippen molar-refractivity contribution in [3.63, 3.8) is 0 Å². The van der Waals surface area contributed by atoms with Crippen LogP contribution >= 0.6 is 15.9 Å². The molecular formula is C15H15BrN2O3. The maximum atomic E-state index is 11.6. The molecule has 0 radical (unpaired) electrons. The first-order valence-corrected chi connectivity index (χ1v) is 6.92. The van der Waals surface area contributed by atoms with E-state index in [2.05, 4.69) is 21.2 Å². The average Bonchev–Trinajstić information content (AvgIpc) is 2.47. The molecule has 0 unspecified atom stereocenters. The summed E-state index contributed by atoms with van der Waals surface area (Å²) in [6.07, 6.45) is 0. The Balaban J connectivity index is 2.31. The molecule has 0 saturated heterocycles. The maximum Gasteiger partial charge on any atom is 0.340 e. The Morgan fingerprint density at radius 2 is 1.90 bits per heavy atom. The Labute approximate surface area is 131 Å². The van der Waals surface area contributed by atoms with Crippen molar-refractivity contribution in [2.75, 3.05) is 25.3 Å². The monoisotopic (exact) mass is 350 g/mol. The fraction of sp³-hybridized carbons (Fsp3) is 0.133. The van der Waals surface area contributed by atoms with Crippen molar-refractivity contribution in [3.05, 3.63) is 46.4 Å². The van der Waals surface area contributed by atoms with Gasteiger partial charge >= 0.3 is 5.97 Å². The van der Waals surface area contributed by atoms with Gasteiger partial charge in [-0.2, -0.15) is 0 Å². The van der Waals surface area contributed by atoms with Crippen molar-refractivity contribution >= 4 is 39.0 Å². The summed E-state index contributed by atoms with van der Waals surface area (Å²) in [4.78, 5) is 11.6. The molecule has 0 aliphatic carbocycles. The number of esters is 1. The van der Waals surface area contributed by atoms with E-state index >= 15 is 0 Å². The van der Waals surface area contributed by atoms with Gasteiger partial charge in [-0.3, -0.25) is 0 Å². The fourth-order valence-electron chi connectivity index (χ4n) is 1.84. The minimum Gasteiger partial charge on any atom is -0.497 e. The third-order valence-electron chi connectivity index (χ3n) is 2.85. The molecule has 0 aromatic heterocycles. The molecule has 6 heteroatoms. The number of nitrogen functional groups attached to an aromatic ring is 1. The van der Waals surface area contributed by atoms with Crippen LogP contribution in [0.2, 0.25) is 0 Å². The molecule has 110 valence electrons. The van der Waals surface area contributed by atoms with Crippen LogP contribution in [0.1, 0.15) is 10.4 Å². The van der Waals surface area contributed by atoms with E-state index in [9.17, 15) is 4.79 Å². The molecule has 0 amide bonds. The van der Waals surface area contributed by atoms with E-state index in [0.717, 1.165) is 21.6 Å². The summed E-state index contributed by atoms with van der Waals surface area (Å²) >= 11 is 3.41. The summed E-state index contributed by atoms with van der Waals surface area (Å²) in [6.45, 7) is 0. The highest BCUT2D eigenvalue weighted by Crippen LogP contribution is 2.28. The molecule has 0 atom stereocenters. The second-order valence-corrected chi connectivity index (χ2v) is 5.21. The number of benzene rings is 2. The van der Waals surface area contributed by atoms with Crippen molar-refractivity contribution in [2.45, 2.75) is 0 Å². The van der Waals surface area contributed by atoms with Gasteiger partial charge in [0.25, 0.3) is 0 Å². The molecule has 0 aliphatic rings. The first kappa shape index (κ1) is 15.2. The van der Waals surface area contributed by atoms with E-state index in [-0.39, 0.29) is 0 Å². The number of carbonyl (C=O) groups excluding carboxylic acids is 1. The summed E-state index contributed by atoms with van der Waals surface area (Å²) in [7, 11) is 2.92. The first-order valence-electron chi connectivity index (χ1n) is 6.13. The zero-order valence-corrected chi connectivity index (χ0v) is 13.2. The summed E-state index contributed by atoms with van der Waals surface area (Å²) in [5, 5.41) is 3.19. The quantitative estimate of drug-likeness (QED) is 0.651. The predicted molar refractivity (Wildman–Crippen MR) is 86.2 cm³/mol. The normalized spacial score (nSPS) is 10.0. The molecule has 0 aliphatic heterocycles. The maximum absolute atomic E-state index is 11.6. The Kier molecular flexibility index (Phi) is 4.70. The summed E-state index contributed by atoms with van der Waals surface area (Å²) < 4.78 is 10.8. The molecule has 2 rings (SSSR count). The van der Waals surface area contributed by atoms with Gasteiger partial charge in [0.15, 0.2) is 0 Å². The number of rotatable bonds is 4. The van der Waals surface area contributed by atoms with Crippen molar-refractivity contribution in [2.24, 2.45) is 0 Å². The second kappa shape index (κ2) is 6.49. The Hall–Kier alpha value is -2.21. The third kappa shape index (κ3) is 3.66. The number of methoxy groups -OCH3 is 2. The van der Waals surface area contributed by atoms with Crippen LogP contribution in [0.15, 0.2) is 40.9 Å². The first-order chi connectivity index (χ1) is 10.0. The number of hydrogen-bond donors (Lipinski definition) is 2. The number of ether oxygens (including phenoxy) is 2. The van der Waals surface area contributed by atoms with Crippen LogP contribution in [-0.4, -0.2) is 20.2 Å². The molecule has 2 aromatic carbocycles. The Morgan fingerprint density at radius 3 is 2.57 bits per heavy atom. The lowest BCUT2D eigenvalue weighted by atomic mass is 10.1. The van der Waals surface area contributed by atoms with E-state index in [0.29, 0.717) is 11.3 Å². The van der Waals surface area contributed by atoms with Gasteiger partial charge in [-0.15, -0.1) is 0 Å². The molecule has 3 N–H and O–H groups in total. The number of halogens is 1. The minimum atomic E-state index is -0.469. The van der Waals surface area contributed by atoms with Gasteiger partial charge in [-0.05, 0) is 30.3 Å². The van der Waals surface area contributed by atoms with E-state index in [4.69, 9.17) is 15.2 Å². The number of anilines is 3. The van der Waals surface area contributed by atoms with Gasteiger partial charge in [-0.1, -0.05) is 15.9 Å². The van der Waals surface area contributed by atoms with Crippen LogP contribution in [0.3, 0.4) is 0 Å². The summed E-state index contributed by atoms with van der Waals surface area (Å²) in [5.41, 5.74) is 8.02. The van der Waals surface area contributed by atoms with Gasteiger partial charge in [-0.25, -0.2) is 4.79 Å². The lowest BCUT2D eigenvalue weighted by Gasteiger charge is -2.11. The highest BCUT2D eigenvalue weighted by Gasteiger charge is 2.11. The molecular weight excluding hydrogens is 336 g/mol. The highest BCUT2D eigenvalue weighted by atomic mass is 79.9. The van der Waals surface area contributed by atoms with Crippen LogP contribution < -0.4 is 15.8 Å². The van der Waals surface area contributed by atoms with Crippen LogP contribution in [0.5, 0.6) is 5.75 Å². The Bertz CT molecular complexity index is 674. The lowest BCUT2D eigenvalue weighted by Crippen LogP contribution is -2.06. The van der Waals surface area contributed by atoms with Gasteiger partial charge in [0, 0.05) is 27.6 Å². The predicted octanol–water partition coefficient (Wildman–Crippen LogP) is 3.57. The third-order valence-corrected chi connectivity index (χ3v) is 3.31. The van der Waals surface area contributed by atoms with Gasteiger partial charge in [0.1, 0.15) is 5.75 Å². The SMILES string of the molecule is COC(=O)c1cc(Nc2cc(Br)cc(OC)c2)ccc1N. The van der Waals surface area contributed by atoms with E-state index in [1.165, 1.54) is 7.11 Å². The van der Waals surface area contributed by atoms with Crippen molar-refractivity contribution < 1.29 is 14.3 Å². The van der Waals surface area contributed by atoms with E-state index in [1.54, 1.807) is 25.3 Å². The number of carbonyl (C=O) groups is 1. The molecule has 0 bridgehead atoms. The molecule has 21 heavy (non-hydrogen) atoms.